The van der Waals surface area contributed by atoms with Gasteiger partial charge in [0.25, 0.3) is 0 Å². The third kappa shape index (κ3) is 1.56. The molecule has 0 fully saturated rings. The van der Waals surface area contributed by atoms with Crippen LogP contribution in [0.15, 0.2) is 54.9 Å². The van der Waals surface area contributed by atoms with Crippen LogP contribution in [0.3, 0.4) is 0 Å². The van der Waals surface area contributed by atoms with Gasteiger partial charge in [-0.25, -0.2) is 4.98 Å². The first kappa shape index (κ1) is 11.7. The van der Waals surface area contributed by atoms with E-state index in [0.717, 1.165) is 28.7 Å². The summed E-state index contributed by atoms with van der Waals surface area (Å²) < 4.78 is 13.1. The van der Waals surface area contributed by atoms with Gasteiger partial charge in [-0.2, -0.15) is 0 Å². The summed E-state index contributed by atoms with van der Waals surface area (Å²) >= 11 is 0. The van der Waals surface area contributed by atoms with Crippen LogP contribution in [0.4, 0.5) is 5.95 Å². The number of nitrogens with one attached hydrogen (secondary N) is 1. The van der Waals surface area contributed by atoms with E-state index < -0.39 is 0 Å². The van der Waals surface area contributed by atoms with Gasteiger partial charge in [-0.3, -0.25) is 4.57 Å². The highest BCUT2D eigenvalue weighted by Crippen LogP contribution is 2.43. The molecule has 0 bridgehead atoms. The fraction of sp³-hybridized carbons (Fsp3) is 0.118. The Kier molecular flexibility index (Phi) is 2.27. The highest BCUT2D eigenvalue weighted by molar-refractivity contribution is 5.64. The molecule has 0 saturated carbocycles. The van der Waals surface area contributed by atoms with Gasteiger partial charge in [-0.1, -0.05) is 30.3 Å². The Balaban J connectivity index is 1.76. The molecule has 5 rings (SSSR count). The number of ether oxygens (including phenoxy) is 2. The molecule has 3 aromatic rings. The number of anilines is 1. The van der Waals surface area contributed by atoms with Crippen molar-refractivity contribution < 1.29 is 9.47 Å². The zero-order valence-corrected chi connectivity index (χ0v) is 11.7. The van der Waals surface area contributed by atoms with E-state index in [-0.39, 0.29) is 12.8 Å². The van der Waals surface area contributed by atoms with Gasteiger partial charge in [0, 0.05) is 24.0 Å². The fourth-order valence-electron chi connectivity index (χ4n) is 3.11. The number of hydrogen-bond acceptors (Lipinski definition) is 4. The molecule has 0 aliphatic carbocycles. The summed E-state index contributed by atoms with van der Waals surface area (Å²) in [5.74, 6) is 2.41. The SMILES string of the molecule is c1ccc(C2Nc3nccn3-c3cc4c(cc32)OCO4)cc1. The molecule has 0 saturated heterocycles. The minimum absolute atomic E-state index is 0.0422. The predicted molar refractivity (Wildman–Crippen MR) is 81.6 cm³/mol. The molecule has 5 heteroatoms. The molecule has 2 aliphatic rings. The first-order valence-electron chi connectivity index (χ1n) is 7.19. The van der Waals surface area contributed by atoms with E-state index in [9.17, 15) is 0 Å². The Labute approximate surface area is 127 Å². The van der Waals surface area contributed by atoms with E-state index in [4.69, 9.17) is 9.47 Å². The summed E-state index contributed by atoms with van der Waals surface area (Å²) in [5, 5.41) is 3.50. The molecule has 2 aliphatic heterocycles. The van der Waals surface area contributed by atoms with Crippen molar-refractivity contribution in [3.05, 3.63) is 66.0 Å². The highest BCUT2D eigenvalue weighted by atomic mass is 16.7. The first-order valence-corrected chi connectivity index (χ1v) is 7.19. The van der Waals surface area contributed by atoms with Gasteiger partial charge in [0.05, 0.1) is 11.7 Å². The van der Waals surface area contributed by atoms with Gasteiger partial charge in [0.15, 0.2) is 11.5 Å². The topological polar surface area (TPSA) is 48.3 Å². The highest BCUT2D eigenvalue weighted by Gasteiger charge is 2.29. The Hall–Kier alpha value is -2.95. The summed E-state index contributed by atoms with van der Waals surface area (Å²) in [4.78, 5) is 4.40. The van der Waals surface area contributed by atoms with Crippen molar-refractivity contribution in [2.24, 2.45) is 0 Å². The monoisotopic (exact) mass is 291 g/mol. The molecule has 0 spiro atoms. The normalized spacial score (nSPS) is 17.5. The number of hydrogen-bond donors (Lipinski definition) is 1. The van der Waals surface area contributed by atoms with Crippen LogP contribution in [0.5, 0.6) is 11.5 Å². The van der Waals surface area contributed by atoms with Crippen molar-refractivity contribution in [2.45, 2.75) is 6.04 Å². The van der Waals surface area contributed by atoms with Crippen molar-refractivity contribution in [3.8, 4) is 17.2 Å². The average Bonchev–Trinajstić information content (AvgIpc) is 3.21. The second kappa shape index (κ2) is 4.27. The molecule has 1 aromatic heterocycles. The van der Waals surface area contributed by atoms with E-state index in [2.05, 4.69) is 28.5 Å². The lowest BCUT2D eigenvalue weighted by molar-refractivity contribution is 0.174. The minimum atomic E-state index is 0.0422. The first-order chi connectivity index (χ1) is 10.9. The summed E-state index contributed by atoms with van der Waals surface area (Å²) in [7, 11) is 0. The molecule has 1 atom stereocenters. The van der Waals surface area contributed by atoms with Crippen LogP contribution in [0, 0.1) is 0 Å². The number of aromatic nitrogens is 2. The lowest BCUT2D eigenvalue weighted by Gasteiger charge is -2.29. The van der Waals surface area contributed by atoms with Crippen molar-refractivity contribution in [1.82, 2.24) is 9.55 Å². The van der Waals surface area contributed by atoms with Crippen molar-refractivity contribution in [2.75, 3.05) is 12.1 Å². The summed E-state index contributed by atoms with van der Waals surface area (Å²) in [6.07, 6.45) is 3.74. The molecular weight excluding hydrogens is 278 g/mol. The zero-order valence-electron chi connectivity index (χ0n) is 11.7. The largest absolute Gasteiger partial charge is 0.454 e. The third-order valence-electron chi connectivity index (χ3n) is 4.14. The summed E-state index contributed by atoms with van der Waals surface area (Å²) in [6.45, 7) is 0.276. The molecule has 2 aromatic carbocycles. The summed E-state index contributed by atoms with van der Waals surface area (Å²) in [6, 6.07) is 14.5. The van der Waals surface area contributed by atoms with Gasteiger partial charge < -0.3 is 14.8 Å². The maximum atomic E-state index is 5.54. The van der Waals surface area contributed by atoms with Gasteiger partial charge >= 0.3 is 0 Å². The van der Waals surface area contributed by atoms with E-state index in [1.54, 1.807) is 6.20 Å². The minimum Gasteiger partial charge on any atom is -0.454 e. The standard InChI is InChI=1S/C17H13N3O2/c1-2-4-11(5-3-1)16-12-8-14-15(22-10-21-14)9-13(12)20-7-6-18-17(20)19-16/h1-9,16H,10H2,(H,18,19). The molecule has 0 amide bonds. The molecule has 1 unspecified atom stereocenters. The van der Waals surface area contributed by atoms with E-state index in [0.29, 0.717) is 0 Å². The Morgan fingerprint density at radius 1 is 1.09 bits per heavy atom. The van der Waals surface area contributed by atoms with Crippen LogP contribution in [0.25, 0.3) is 5.69 Å². The van der Waals surface area contributed by atoms with Crippen LogP contribution in [-0.4, -0.2) is 16.3 Å². The van der Waals surface area contributed by atoms with Crippen molar-refractivity contribution >= 4 is 5.95 Å². The number of imidazole rings is 1. The van der Waals surface area contributed by atoms with Crippen LogP contribution >= 0.6 is 0 Å². The smallest absolute Gasteiger partial charge is 0.231 e. The van der Waals surface area contributed by atoms with Gasteiger partial charge in [-0.05, 0) is 11.6 Å². The van der Waals surface area contributed by atoms with E-state index in [1.807, 2.05) is 35.0 Å². The molecular formula is C17H13N3O2. The quantitative estimate of drug-likeness (QED) is 0.748. The van der Waals surface area contributed by atoms with Crippen LogP contribution in [0.1, 0.15) is 17.2 Å². The second-order valence-corrected chi connectivity index (χ2v) is 5.37. The third-order valence-corrected chi connectivity index (χ3v) is 4.14. The second-order valence-electron chi connectivity index (χ2n) is 5.37. The maximum Gasteiger partial charge on any atom is 0.231 e. The lowest BCUT2D eigenvalue weighted by Crippen LogP contribution is -2.22. The van der Waals surface area contributed by atoms with E-state index >= 15 is 0 Å². The molecule has 22 heavy (non-hydrogen) atoms. The molecule has 1 N–H and O–H groups in total. The maximum absolute atomic E-state index is 5.54. The molecule has 108 valence electrons. The fourth-order valence-corrected chi connectivity index (χ4v) is 3.11. The Morgan fingerprint density at radius 3 is 2.77 bits per heavy atom. The van der Waals surface area contributed by atoms with Crippen molar-refractivity contribution in [1.29, 1.82) is 0 Å². The lowest BCUT2D eigenvalue weighted by atomic mass is 9.95. The van der Waals surface area contributed by atoms with Crippen molar-refractivity contribution in [3.63, 3.8) is 0 Å². The number of benzene rings is 2. The Morgan fingerprint density at radius 2 is 1.91 bits per heavy atom. The number of nitrogens with zero attached hydrogens (tertiary/aromatic N) is 2. The predicted octanol–water partition coefficient (Wildman–Crippen LogP) is 3.12. The molecule has 3 heterocycles. The van der Waals surface area contributed by atoms with Crippen LogP contribution in [-0.2, 0) is 0 Å². The number of fused-ring (bicyclic) bond motifs is 4. The molecule has 0 radical (unpaired) electrons. The van der Waals surface area contributed by atoms with Crippen LogP contribution in [0.2, 0.25) is 0 Å². The Bertz CT molecular complexity index is 858. The average molecular weight is 291 g/mol. The zero-order chi connectivity index (χ0) is 14.5. The van der Waals surface area contributed by atoms with Gasteiger partial charge in [0.1, 0.15) is 0 Å². The van der Waals surface area contributed by atoms with Gasteiger partial charge in [-0.15, -0.1) is 0 Å². The summed E-state index contributed by atoms with van der Waals surface area (Å²) in [5.41, 5.74) is 3.42. The van der Waals surface area contributed by atoms with Crippen LogP contribution < -0.4 is 14.8 Å². The van der Waals surface area contributed by atoms with E-state index in [1.165, 1.54) is 5.56 Å². The van der Waals surface area contributed by atoms with Gasteiger partial charge in [0.2, 0.25) is 12.7 Å². The number of rotatable bonds is 1. The molecule has 5 nitrogen and oxygen atoms in total.